The third-order valence-electron chi connectivity index (χ3n) is 4.88. The van der Waals surface area contributed by atoms with Crippen molar-refractivity contribution in [1.82, 2.24) is 10.3 Å². The number of hydrogen-bond donors (Lipinski definition) is 3. The highest BCUT2D eigenvalue weighted by atomic mass is 16.1. The van der Waals surface area contributed by atoms with Gasteiger partial charge >= 0.3 is 0 Å². The Morgan fingerprint density at radius 3 is 2.81 bits per heavy atom. The highest BCUT2D eigenvalue weighted by Crippen LogP contribution is 2.33. The van der Waals surface area contributed by atoms with Gasteiger partial charge in [0.1, 0.15) is 0 Å². The zero-order valence-electron chi connectivity index (χ0n) is 11.9. The second-order valence-corrected chi connectivity index (χ2v) is 6.33. The molecule has 3 heterocycles. The van der Waals surface area contributed by atoms with Crippen LogP contribution in [0.2, 0.25) is 0 Å². The minimum absolute atomic E-state index is 0.405. The molecule has 2 fully saturated rings. The van der Waals surface area contributed by atoms with Crippen molar-refractivity contribution in [3.8, 4) is 0 Å². The molecule has 5 nitrogen and oxygen atoms in total. The first kappa shape index (κ1) is 12.8. The number of hydrogen-bond acceptors (Lipinski definition) is 4. The summed E-state index contributed by atoms with van der Waals surface area (Å²) in [5.41, 5.74) is 8.98. The molecule has 2 aliphatic heterocycles. The molecular weight excluding hydrogens is 264 g/mol. The number of carbonyl (C=O) groups is 1. The smallest absolute Gasteiger partial charge is 0.252 e. The van der Waals surface area contributed by atoms with Gasteiger partial charge in [0, 0.05) is 36.3 Å². The van der Waals surface area contributed by atoms with Gasteiger partial charge in [-0.05, 0) is 25.7 Å². The Kier molecular flexibility index (Phi) is 2.96. The first-order chi connectivity index (χ1) is 10.2. The summed E-state index contributed by atoms with van der Waals surface area (Å²) >= 11 is 0. The zero-order valence-corrected chi connectivity index (χ0v) is 11.9. The Morgan fingerprint density at radius 2 is 2.10 bits per heavy atom. The summed E-state index contributed by atoms with van der Waals surface area (Å²) in [4.78, 5) is 16.1. The number of anilines is 1. The lowest BCUT2D eigenvalue weighted by molar-refractivity contribution is 0.100. The molecule has 21 heavy (non-hydrogen) atoms. The Balaban J connectivity index is 1.66. The van der Waals surface area contributed by atoms with Crippen LogP contribution in [0.3, 0.4) is 0 Å². The van der Waals surface area contributed by atoms with Crippen molar-refractivity contribution in [2.45, 2.75) is 50.2 Å². The molecule has 110 valence electrons. The van der Waals surface area contributed by atoms with Crippen LogP contribution < -0.4 is 16.4 Å². The molecule has 3 aliphatic rings. The lowest BCUT2D eigenvalue weighted by Crippen LogP contribution is -2.43. The van der Waals surface area contributed by atoms with Crippen LogP contribution in [0.5, 0.6) is 0 Å². The van der Waals surface area contributed by atoms with Crippen LogP contribution in [-0.2, 0) is 6.42 Å². The van der Waals surface area contributed by atoms with E-state index in [9.17, 15) is 4.79 Å². The second-order valence-electron chi connectivity index (χ2n) is 6.33. The highest BCUT2D eigenvalue weighted by Gasteiger charge is 2.34. The van der Waals surface area contributed by atoms with Crippen molar-refractivity contribution >= 4 is 17.7 Å². The number of carbonyl (C=O) groups excluding carboxylic acids is 1. The third-order valence-corrected chi connectivity index (χ3v) is 4.88. The molecule has 0 saturated carbocycles. The number of pyridine rings is 1. The Morgan fingerprint density at radius 1 is 1.33 bits per heavy atom. The van der Waals surface area contributed by atoms with Gasteiger partial charge in [-0.15, -0.1) is 0 Å². The molecule has 1 aromatic rings. The van der Waals surface area contributed by atoms with Crippen molar-refractivity contribution < 1.29 is 4.79 Å². The van der Waals surface area contributed by atoms with Crippen LogP contribution in [0.4, 0.5) is 5.69 Å². The van der Waals surface area contributed by atoms with E-state index in [0.29, 0.717) is 23.7 Å². The fourth-order valence-corrected chi connectivity index (χ4v) is 3.92. The maximum atomic E-state index is 11.7. The minimum atomic E-state index is -0.412. The normalized spacial score (nSPS) is 29.4. The van der Waals surface area contributed by atoms with E-state index in [1.165, 1.54) is 12.8 Å². The van der Waals surface area contributed by atoms with E-state index in [-0.39, 0.29) is 0 Å². The Hall–Kier alpha value is -1.88. The topological polar surface area (TPSA) is 80.0 Å². The number of rotatable bonds is 3. The molecule has 4 rings (SSSR count). The largest absolute Gasteiger partial charge is 0.381 e. The van der Waals surface area contributed by atoms with Crippen molar-refractivity contribution in [2.24, 2.45) is 5.73 Å². The van der Waals surface area contributed by atoms with E-state index in [1.54, 1.807) is 6.20 Å². The molecule has 0 spiro atoms. The van der Waals surface area contributed by atoms with Crippen molar-refractivity contribution in [3.05, 3.63) is 29.1 Å². The SMILES string of the molecule is NC(=O)c1cnc2c(c1NC1C[C@H]3CC[C@@H](C1)N3)C=CC2. The first-order valence-electron chi connectivity index (χ1n) is 7.71. The molecule has 1 aliphatic carbocycles. The van der Waals surface area contributed by atoms with Crippen LogP contribution in [0, 0.1) is 0 Å². The van der Waals surface area contributed by atoms with Crippen LogP contribution in [-0.4, -0.2) is 29.0 Å². The van der Waals surface area contributed by atoms with Gasteiger partial charge in [-0.1, -0.05) is 12.2 Å². The summed E-state index contributed by atoms with van der Waals surface area (Å²) in [6.45, 7) is 0. The van der Waals surface area contributed by atoms with Gasteiger partial charge in [0.15, 0.2) is 0 Å². The monoisotopic (exact) mass is 284 g/mol. The fraction of sp³-hybridized carbons (Fsp3) is 0.500. The lowest BCUT2D eigenvalue weighted by Gasteiger charge is -2.31. The van der Waals surface area contributed by atoms with Crippen molar-refractivity contribution in [2.75, 3.05) is 5.32 Å². The van der Waals surface area contributed by atoms with Gasteiger partial charge in [-0.25, -0.2) is 0 Å². The summed E-state index contributed by atoms with van der Waals surface area (Å²) in [5.74, 6) is -0.412. The quantitative estimate of drug-likeness (QED) is 0.784. The molecule has 0 radical (unpaired) electrons. The summed E-state index contributed by atoms with van der Waals surface area (Å²) in [6, 6.07) is 1.63. The molecule has 2 bridgehead atoms. The molecule has 0 aromatic carbocycles. The second kappa shape index (κ2) is 4.84. The van der Waals surface area contributed by atoms with E-state index < -0.39 is 5.91 Å². The van der Waals surface area contributed by atoms with Gasteiger partial charge in [0.2, 0.25) is 0 Å². The Bertz CT molecular complexity index is 613. The molecule has 5 heteroatoms. The molecule has 2 saturated heterocycles. The average Bonchev–Trinajstić information content (AvgIpc) is 3.05. The maximum Gasteiger partial charge on any atom is 0.252 e. The number of fused-ring (bicyclic) bond motifs is 3. The number of primary amides is 1. The van der Waals surface area contributed by atoms with Crippen LogP contribution in [0.15, 0.2) is 12.3 Å². The summed E-state index contributed by atoms with van der Waals surface area (Å²) < 4.78 is 0. The van der Waals surface area contributed by atoms with E-state index in [1.807, 2.05) is 6.08 Å². The predicted octanol–water partition coefficient (Wildman–Crippen LogP) is 1.44. The van der Waals surface area contributed by atoms with E-state index in [0.717, 1.165) is 36.2 Å². The highest BCUT2D eigenvalue weighted by molar-refractivity contribution is 6.00. The van der Waals surface area contributed by atoms with Crippen molar-refractivity contribution in [3.63, 3.8) is 0 Å². The van der Waals surface area contributed by atoms with Gasteiger partial charge in [0.25, 0.3) is 5.91 Å². The van der Waals surface area contributed by atoms with Crippen molar-refractivity contribution in [1.29, 1.82) is 0 Å². The van der Waals surface area contributed by atoms with Gasteiger partial charge in [-0.3, -0.25) is 9.78 Å². The summed E-state index contributed by atoms with van der Waals surface area (Å²) in [6.07, 6.45) is 11.3. The number of allylic oxidation sites excluding steroid dienone is 1. The minimum Gasteiger partial charge on any atom is -0.381 e. The number of aromatic nitrogens is 1. The van der Waals surface area contributed by atoms with Gasteiger partial charge in [0.05, 0.1) is 16.9 Å². The molecule has 3 atom stereocenters. The molecule has 1 amide bonds. The molecular formula is C16H20N4O. The number of piperidine rings is 1. The zero-order chi connectivity index (χ0) is 14.4. The van der Waals surface area contributed by atoms with Crippen LogP contribution in [0.1, 0.15) is 47.3 Å². The number of amides is 1. The van der Waals surface area contributed by atoms with Gasteiger partial charge in [-0.2, -0.15) is 0 Å². The molecule has 1 unspecified atom stereocenters. The summed E-state index contributed by atoms with van der Waals surface area (Å²) in [5, 5.41) is 7.24. The predicted molar refractivity (Wildman–Crippen MR) is 82.1 cm³/mol. The molecule has 4 N–H and O–H groups in total. The standard InChI is InChI=1S/C16H20N4O/c17-16(21)13-8-18-14-3-1-2-12(14)15(13)20-11-6-9-4-5-10(7-11)19-9/h1-2,8-11,19H,3-7H2,(H2,17,21)(H,18,20)/t9-,10+,11?. The third kappa shape index (κ3) is 2.21. The molecule has 1 aromatic heterocycles. The van der Waals surface area contributed by atoms with Crippen LogP contribution in [0.25, 0.3) is 6.08 Å². The fourth-order valence-electron chi connectivity index (χ4n) is 3.92. The van der Waals surface area contributed by atoms with E-state index in [4.69, 9.17) is 5.73 Å². The number of nitrogens with zero attached hydrogens (tertiary/aromatic N) is 1. The number of nitrogens with one attached hydrogen (secondary N) is 2. The summed E-state index contributed by atoms with van der Waals surface area (Å²) in [7, 11) is 0. The van der Waals surface area contributed by atoms with E-state index in [2.05, 4.69) is 21.7 Å². The maximum absolute atomic E-state index is 11.7. The van der Waals surface area contributed by atoms with Gasteiger partial charge < -0.3 is 16.4 Å². The average molecular weight is 284 g/mol. The van der Waals surface area contributed by atoms with E-state index >= 15 is 0 Å². The lowest BCUT2D eigenvalue weighted by atomic mass is 9.98. The number of nitrogens with two attached hydrogens (primary N) is 1. The van der Waals surface area contributed by atoms with Crippen LogP contribution >= 0.6 is 0 Å². The first-order valence-corrected chi connectivity index (χ1v) is 7.71. The Labute approximate surface area is 124 Å².